The van der Waals surface area contributed by atoms with E-state index in [0.717, 1.165) is 38.2 Å². The summed E-state index contributed by atoms with van der Waals surface area (Å²) in [6.07, 6.45) is 0. The second-order valence-corrected chi connectivity index (χ2v) is 10.6. The molecule has 166 valence electrons. The molecule has 0 amide bonds. The fourth-order valence-electron chi connectivity index (χ4n) is 4.53. The van der Waals surface area contributed by atoms with Gasteiger partial charge in [-0.15, -0.1) is 11.3 Å². The van der Waals surface area contributed by atoms with Crippen LogP contribution in [0.2, 0.25) is 0 Å². The normalized spacial score (nSPS) is 12.4. The molecular formula is C31H26N2S. The van der Waals surface area contributed by atoms with Gasteiger partial charge < -0.3 is 0 Å². The van der Waals surface area contributed by atoms with Crippen LogP contribution in [0.5, 0.6) is 0 Å². The minimum Gasteiger partial charge on any atom is -0.292 e. The van der Waals surface area contributed by atoms with Gasteiger partial charge in [-0.3, -0.25) is 4.57 Å². The van der Waals surface area contributed by atoms with Crippen LogP contribution in [-0.4, -0.2) is 9.55 Å². The number of benzene rings is 4. The summed E-state index contributed by atoms with van der Waals surface area (Å²) < 4.78 is 11.3. The molecule has 0 bridgehead atoms. The van der Waals surface area contributed by atoms with Crippen LogP contribution in [0.15, 0.2) is 102 Å². The van der Waals surface area contributed by atoms with Gasteiger partial charge in [0.1, 0.15) is 5.82 Å². The predicted octanol–water partition coefficient (Wildman–Crippen LogP) is 8.87. The lowest BCUT2D eigenvalue weighted by atomic mass is 9.86. The molecule has 0 fully saturated rings. The Morgan fingerprint density at radius 3 is 2.24 bits per heavy atom. The van der Waals surface area contributed by atoms with Crippen molar-refractivity contribution in [3.63, 3.8) is 0 Å². The molecule has 6 rings (SSSR count). The van der Waals surface area contributed by atoms with E-state index in [1.807, 2.05) is 24.3 Å². The van der Waals surface area contributed by atoms with Crippen molar-refractivity contribution in [3.05, 3.63) is 108 Å². The number of hydrogen-bond donors (Lipinski definition) is 0. The van der Waals surface area contributed by atoms with Gasteiger partial charge in [0, 0.05) is 26.7 Å². The van der Waals surface area contributed by atoms with Crippen LogP contribution in [0.25, 0.3) is 49.3 Å². The topological polar surface area (TPSA) is 17.8 Å². The molecule has 0 N–H and O–H groups in total. The summed E-state index contributed by atoms with van der Waals surface area (Å²) in [4.78, 5) is 5.04. The summed E-state index contributed by atoms with van der Waals surface area (Å²) in [5.74, 6) is 0.928. The van der Waals surface area contributed by atoms with E-state index in [2.05, 4.69) is 97.4 Å². The first-order valence-electron chi connectivity index (χ1n) is 12.1. The molecule has 0 saturated carbocycles. The quantitative estimate of drug-likeness (QED) is 0.258. The number of thiophene rings is 1. The maximum Gasteiger partial charge on any atom is 0.147 e. The van der Waals surface area contributed by atoms with Crippen LogP contribution < -0.4 is 0 Å². The van der Waals surface area contributed by atoms with Crippen molar-refractivity contribution in [1.29, 1.82) is 0 Å². The van der Waals surface area contributed by atoms with Crippen LogP contribution in [0.1, 0.15) is 27.7 Å². The zero-order valence-electron chi connectivity index (χ0n) is 20.5. The van der Waals surface area contributed by atoms with Crippen LogP contribution >= 0.6 is 11.3 Å². The molecule has 0 spiro atoms. The fourth-order valence-corrected chi connectivity index (χ4v) is 5.45. The summed E-state index contributed by atoms with van der Waals surface area (Å²) in [7, 11) is 0. The van der Waals surface area contributed by atoms with E-state index in [0.29, 0.717) is 6.04 Å². The predicted molar refractivity (Wildman–Crippen MR) is 146 cm³/mol. The van der Waals surface area contributed by atoms with Crippen LogP contribution in [0, 0.1) is 0 Å². The highest BCUT2D eigenvalue weighted by Crippen LogP contribution is 2.37. The molecular weight excluding hydrogens is 432 g/mol. The SMILES string of the molecule is [2H]c1ccc2c(-c3nc4ccccc4n3-c3ccc(-c4ccc(C(C)(C)C)cc4)cc3)csc2c1. The van der Waals surface area contributed by atoms with Gasteiger partial charge in [0.2, 0.25) is 0 Å². The van der Waals surface area contributed by atoms with E-state index in [-0.39, 0.29) is 5.41 Å². The minimum absolute atomic E-state index is 0.148. The van der Waals surface area contributed by atoms with Crippen LogP contribution in [0.4, 0.5) is 0 Å². The third-order valence-corrected chi connectivity index (χ3v) is 7.38. The van der Waals surface area contributed by atoms with Crippen molar-refractivity contribution < 1.29 is 1.37 Å². The molecule has 0 aliphatic carbocycles. The standard InChI is InChI=1S/C31H26N2S/c1-31(2,3)23-16-12-21(13-17-23)22-14-18-24(19-15-22)33-28-10-6-5-9-27(28)32-30(33)26-20-34-29-11-7-4-8-25(26)29/h4-20H,1-3H3/i7D. The molecule has 4 aromatic carbocycles. The monoisotopic (exact) mass is 459 g/mol. The van der Waals surface area contributed by atoms with Crippen molar-refractivity contribution in [2.45, 2.75) is 26.2 Å². The highest BCUT2D eigenvalue weighted by molar-refractivity contribution is 7.17. The van der Waals surface area contributed by atoms with Crippen LogP contribution in [0.3, 0.4) is 0 Å². The third-order valence-electron chi connectivity index (χ3n) is 6.43. The smallest absolute Gasteiger partial charge is 0.147 e. The number of imidazole rings is 1. The van der Waals surface area contributed by atoms with E-state index in [4.69, 9.17) is 6.35 Å². The second kappa shape index (κ2) is 7.96. The Morgan fingerprint density at radius 1 is 0.794 bits per heavy atom. The molecule has 0 aliphatic heterocycles. The number of para-hydroxylation sites is 2. The lowest BCUT2D eigenvalue weighted by molar-refractivity contribution is 0.590. The van der Waals surface area contributed by atoms with Gasteiger partial charge in [-0.1, -0.05) is 87.5 Å². The Kier molecular flexibility index (Phi) is 4.63. The molecule has 0 radical (unpaired) electrons. The van der Waals surface area contributed by atoms with Crippen molar-refractivity contribution in [3.8, 4) is 28.2 Å². The molecule has 0 saturated heterocycles. The lowest BCUT2D eigenvalue weighted by Crippen LogP contribution is -2.10. The van der Waals surface area contributed by atoms with E-state index in [1.54, 1.807) is 11.3 Å². The van der Waals surface area contributed by atoms with Crippen molar-refractivity contribution >= 4 is 32.5 Å². The highest BCUT2D eigenvalue weighted by atomic mass is 32.1. The first kappa shape index (κ1) is 19.7. The molecule has 2 heterocycles. The number of rotatable bonds is 3. The van der Waals surface area contributed by atoms with Crippen LogP contribution in [-0.2, 0) is 5.41 Å². The Labute approximate surface area is 205 Å². The second-order valence-electron chi connectivity index (χ2n) is 9.71. The van der Waals surface area contributed by atoms with Gasteiger partial charge in [-0.05, 0) is 52.4 Å². The molecule has 2 aromatic heterocycles. The molecule has 2 nitrogen and oxygen atoms in total. The maximum absolute atomic E-state index is 7.97. The van der Waals surface area contributed by atoms with Crippen molar-refractivity contribution in [2.24, 2.45) is 0 Å². The van der Waals surface area contributed by atoms with Gasteiger partial charge in [0.25, 0.3) is 0 Å². The summed E-state index contributed by atoms with van der Waals surface area (Å²) in [6.45, 7) is 6.73. The molecule has 34 heavy (non-hydrogen) atoms. The summed E-state index contributed by atoms with van der Waals surface area (Å²) in [6, 6.07) is 32.3. The average Bonchev–Trinajstić information content (AvgIpc) is 3.44. The molecule has 3 heteroatoms. The van der Waals surface area contributed by atoms with Crippen molar-refractivity contribution in [1.82, 2.24) is 9.55 Å². The zero-order valence-corrected chi connectivity index (χ0v) is 20.4. The minimum atomic E-state index is 0.148. The summed E-state index contributed by atoms with van der Waals surface area (Å²) in [5.41, 5.74) is 8.15. The van der Waals surface area contributed by atoms with Crippen molar-refractivity contribution in [2.75, 3.05) is 0 Å². The summed E-state index contributed by atoms with van der Waals surface area (Å²) >= 11 is 1.67. The largest absolute Gasteiger partial charge is 0.292 e. The number of aromatic nitrogens is 2. The average molecular weight is 460 g/mol. The Hall–Kier alpha value is -3.69. The first-order chi connectivity index (χ1) is 16.9. The summed E-state index contributed by atoms with van der Waals surface area (Å²) in [5, 5.41) is 3.30. The zero-order chi connectivity index (χ0) is 24.2. The fraction of sp³-hybridized carbons (Fsp3) is 0.129. The van der Waals surface area contributed by atoms with E-state index in [1.165, 1.54) is 16.7 Å². The van der Waals surface area contributed by atoms with Gasteiger partial charge in [-0.2, -0.15) is 0 Å². The van der Waals surface area contributed by atoms with E-state index < -0.39 is 0 Å². The molecule has 6 aromatic rings. The molecule has 0 aliphatic rings. The van der Waals surface area contributed by atoms with Gasteiger partial charge in [-0.25, -0.2) is 4.98 Å². The first-order valence-corrected chi connectivity index (χ1v) is 12.4. The lowest BCUT2D eigenvalue weighted by Gasteiger charge is -2.19. The molecule has 0 unspecified atom stereocenters. The van der Waals surface area contributed by atoms with Gasteiger partial charge in [0.15, 0.2) is 0 Å². The molecule has 0 atom stereocenters. The Bertz CT molecular complexity index is 1670. The van der Waals surface area contributed by atoms with E-state index in [9.17, 15) is 0 Å². The Balaban J connectivity index is 1.46. The van der Waals surface area contributed by atoms with Gasteiger partial charge in [0.05, 0.1) is 12.4 Å². The highest BCUT2D eigenvalue weighted by Gasteiger charge is 2.17. The Morgan fingerprint density at radius 2 is 1.50 bits per heavy atom. The number of fused-ring (bicyclic) bond motifs is 2. The van der Waals surface area contributed by atoms with E-state index >= 15 is 0 Å². The maximum atomic E-state index is 7.97. The number of nitrogens with zero attached hydrogens (tertiary/aromatic N) is 2. The number of hydrogen-bond acceptors (Lipinski definition) is 2. The van der Waals surface area contributed by atoms with Gasteiger partial charge >= 0.3 is 0 Å². The third kappa shape index (κ3) is 3.53.